The largest absolute Gasteiger partial charge is 0.481 e. The molecule has 1 atom stereocenters. The second kappa shape index (κ2) is 6.05. The highest BCUT2D eigenvalue weighted by Crippen LogP contribution is 2.26. The van der Waals surface area contributed by atoms with Gasteiger partial charge in [-0.2, -0.15) is 0 Å². The van der Waals surface area contributed by atoms with Crippen molar-refractivity contribution in [1.82, 2.24) is 9.97 Å². The van der Waals surface area contributed by atoms with E-state index in [1.807, 2.05) is 0 Å². The SMILES string of the molecule is COc1cc(N2CCO[C@@H](c3ccc(F)cc3)C2)ncn1. The van der Waals surface area contributed by atoms with Crippen LogP contribution in [0.4, 0.5) is 10.2 Å². The van der Waals surface area contributed by atoms with Crippen molar-refractivity contribution in [2.24, 2.45) is 0 Å². The predicted molar refractivity (Wildman–Crippen MR) is 75.9 cm³/mol. The molecule has 2 heterocycles. The molecule has 5 nitrogen and oxygen atoms in total. The number of nitrogens with zero attached hydrogens (tertiary/aromatic N) is 3. The van der Waals surface area contributed by atoms with Gasteiger partial charge >= 0.3 is 0 Å². The van der Waals surface area contributed by atoms with Gasteiger partial charge in [0.1, 0.15) is 24.1 Å². The van der Waals surface area contributed by atoms with E-state index < -0.39 is 0 Å². The molecule has 0 unspecified atom stereocenters. The molecule has 0 N–H and O–H groups in total. The minimum Gasteiger partial charge on any atom is -0.481 e. The first-order valence-electron chi connectivity index (χ1n) is 6.74. The summed E-state index contributed by atoms with van der Waals surface area (Å²) in [5, 5.41) is 0. The lowest BCUT2D eigenvalue weighted by atomic mass is 10.1. The van der Waals surface area contributed by atoms with Crippen molar-refractivity contribution in [2.45, 2.75) is 6.10 Å². The minimum absolute atomic E-state index is 0.0969. The maximum absolute atomic E-state index is 13.0. The summed E-state index contributed by atoms with van der Waals surface area (Å²) in [6.07, 6.45) is 1.39. The van der Waals surface area contributed by atoms with Crippen molar-refractivity contribution in [3.8, 4) is 5.88 Å². The van der Waals surface area contributed by atoms with E-state index in [1.165, 1.54) is 18.5 Å². The number of hydrogen-bond donors (Lipinski definition) is 0. The number of benzene rings is 1. The Balaban J connectivity index is 1.77. The summed E-state index contributed by atoms with van der Waals surface area (Å²) in [4.78, 5) is 10.4. The molecule has 1 aromatic heterocycles. The quantitative estimate of drug-likeness (QED) is 0.867. The van der Waals surface area contributed by atoms with Crippen LogP contribution in [0.3, 0.4) is 0 Å². The van der Waals surface area contributed by atoms with Gasteiger partial charge in [0.25, 0.3) is 0 Å². The van der Waals surface area contributed by atoms with Crippen molar-refractivity contribution >= 4 is 5.82 Å². The predicted octanol–water partition coefficient (Wildman–Crippen LogP) is 2.20. The molecule has 1 aliphatic heterocycles. The first kappa shape index (κ1) is 13.8. The normalized spacial score (nSPS) is 18.6. The van der Waals surface area contributed by atoms with Gasteiger partial charge in [0.2, 0.25) is 5.88 Å². The van der Waals surface area contributed by atoms with Gasteiger partial charge in [-0.1, -0.05) is 12.1 Å². The fraction of sp³-hybridized carbons (Fsp3) is 0.333. The number of halogens is 1. The lowest BCUT2D eigenvalue weighted by molar-refractivity contribution is 0.0394. The molecule has 2 aromatic rings. The molecule has 21 heavy (non-hydrogen) atoms. The number of methoxy groups -OCH3 is 1. The first-order chi connectivity index (χ1) is 10.3. The summed E-state index contributed by atoms with van der Waals surface area (Å²) in [6, 6.07) is 8.21. The standard InChI is InChI=1S/C15H16FN3O2/c1-20-15-8-14(17-10-18-15)19-6-7-21-13(9-19)11-2-4-12(16)5-3-11/h2-5,8,10,13H,6-7,9H2,1H3/t13-/m1/s1. The van der Waals surface area contributed by atoms with Gasteiger partial charge in [0.15, 0.2) is 0 Å². The summed E-state index contributed by atoms with van der Waals surface area (Å²) in [5.41, 5.74) is 0.960. The monoisotopic (exact) mass is 289 g/mol. The highest BCUT2D eigenvalue weighted by atomic mass is 19.1. The van der Waals surface area contributed by atoms with E-state index in [4.69, 9.17) is 9.47 Å². The molecular weight excluding hydrogens is 273 g/mol. The molecule has 1 aliphatic rings. The second-order valence-electron chi connectivity index (χ2n) is 4.78. The van der Waals surface area contributed by atoms with E-state index in [0.717, 1.165) is 17.9 Å². The van der Waals surface area contributed by atoms with Crippen LogP contribution in [0.1, 0.15) is 11.7 Å². The van der Waals surface area contributed by atoms with Crippen LogP contribution < -0.4 is 9.64 Å². The lowest BCUT2D eigenvalue weighted by Gasteiger charge is -2.33. The van der Waals surface area contributed by atoms with Gasteiger partial charge in [0, 0.05) is 19.2 Å². The Morgan fingerprint density at radius 2 is 2.10 bits per heavy atom. The van der Waals surface area contributed by atoms with E-state index in [0.29, 0.717) is 19.0 Å². The Morgan fingerprint density at radius 1 is 1.29 bits per heavy atom. The summed E-state index contributed by atoms with van der Waals surface area (Å²) >= 11 is 0. The summed E-state index contributed by atoms with van der Waals surface area (Å²) < 4.78 is 23.9. The van der Waals surface area contributed by atoms with Gasteiger partial charge in [-0.15, -0.1) is 0 Å². The average molecular weight is 289 g/mol. The fourth-order valence-electron chi connectivity index (χ4n) is 2.35. The Labute approximate surface area is 122 Å². The number of aromatic nitrogens is 2. The van der Waals surface area contributed by atoms with Gasteiger partial charge in [-0.3, -0.25) is 0 Å². The third kappa shape index (κ3) is 3.11. The van der Waals surface area contributed by atoms with Crippen LogP contribution in [-0.2, 0) is 4.74 Å². The number of rotatable bonds is 3. The molecule has 1 aromatic carbocycles. The Hall–Kier alpha value is -2.21. The average Bonchev–Trinajstić information content (AvgIpc) is 2.56. The maximum atomic E-state index is 13.0. The smallest absolute Gasteiger partial charge is 0.218 e. The highest BCUT2D eigenvalue weighted by Gasteiger charge is 2.23. The zero-order valence-corrected chi connectivity index (χ0v) is 11.7. The van der Waals surface area contributed by atoms with Crippen LogP contribution in [0.15, 0.2) is 36.7 Å². The van der Waals surface area contributed by atoms with Crippen LogP contribution in [0.5, 0.6) is 5.88 Å². The van der Waals surface area contributed by atoms with Crippen molar-refractivity contribution in [1.29, 1.82) is 0 Å². The molecule has 0 spiro atoms. The number of morpholine rings is 1. The fourth-order valence-corrected chi connectivity index (χ4v) is 2.35. The molecule has 1 fully saturated rings. The van der Waals surface area contributed by atoms with Crippen molar-refractivity contribution < 1.29 is 13.9 Å². The number of hydrogen-bond acceptors (Lipinski definition) is 5. The van der Waals surface area contributed by atoms with Gasteiger partial charge in [-0.05, 0) is 17.7 Å². The lowest BCUT2D eigenvalue weighted by Crippen LogP contribution is -2.38. The minimum atomic E-state index is -0.244. The molecule has 0 saturated carbocycles. The molecule has 0 radical (unpaired) electrons. The molecule has 110 valence electrons. The Morgan fingerprint density at radius 3 is 2.86 bits per heavy atom. The third-order valence-electron chi connectivity index (χ3n) is 3.47. The zero-order chi connectivity index (χ0) is 14.7. The second-order valence-corrected chi connectivity index (χ2v) is 4.78. The van der Waals surface area contributed by atoms with Crippen LogP contribution in [0, 0.1) is 5.82 Å². The maximum Gasteiger partial charge on any atom is 0.218 e. The topological polar surface area (TPSA) is 47.5 Å². The van der Waals surface area contributed by atoms with E-state index in [9.17, 15) is 4.39 Å². The zero-order valence-electron chi connectivity index (χ0n) is 11.7. The summed E-state index contributed by atoms with van der Waals surface area (Å²) in [7, 11) is 1.58. The molecule has 1 saturated heterocycles. The van der Waals surface area contributed by atoms with E-state index in [-0.39, 0.29) is 11.9 Å². The van der Waals surface area contributed by atoms with Crippen LogP contribution in [0.25, 0.3) is 0 Å². The third-order valence-corrected chi connectivity index (χ3v) is 3.47. The van der Waals surface area contributed by atoms with Gasteiger partial charge in [0.05, 0.1) is 13.7 Å². The molecule has 0 aliphatic carbocycles. The van der Waals surface area contributed by atoms with Crippen molar-refractivity contribution in [3.63, 3.8) is 0 Å². The van der Waals surface area contributed by atoms with Gasteiger partial charge in [-0.25, -0.2) is 14.4 Å². The Kier molecular flexibility index (Phi) is 3.96. The molecule has 6 heteroatoms. The van der Waals surface area contributed by atoms with Gasteiger partial charge < -0.3 is 14.4 Å². The Bertz CT molecular complexity index is 606. The molecule has 0 bridgehead atoms. The summed E-state index contributed by atoms with van der Waals surface area (Å²) in [6.45, 7) is 2.00. The van der Waals surface area contributed by atoms with Crippen molar-refractivity contribution in [3.05, 3.63) is 48.0 Å². The summed E-state index contributed by atoms with van der Waals surface area (Å²) in [5.74, 6) is 1.09. The van der Waals surface area contributed by atoms with E-state index in [1.54, 1.807) is 25.3 Å². The number of ether oxygens (including phenoxy) is 2. The van der Waals surface area contributed by atoms with Crippen molar-refractivity contribution in [2.75, 3.05) is 31.7 Å². The molecule has 0 amide bonds. The molecule has 3 rings (SSSR count). The van der Waals surface area contributed by atoms with E-state index in [2.05, 4.69) is 14.9 Å². The highest BCUT2D eigenvalue weighted by molar-refractivity contribution is 5.42. The first-order valence-corrected chi connectivity index (χ1v) is 6.74. The van der Waals surface area contributed by atoms with Crippen LogP contribution in [-0.4, -0.2) is 36.8 Å². The van der Waals surface area contributed by atoms with Crippen LogP contribution >= 0.6 is 0 Å². The number of anilines is 1. The van der Waals surface area contributed by atoms with Crippen LogP contribution in [0.2, 0.25) is 0 Å². The molecular formula is C15H16FN3O2. The van der Waals surface area contributed by atoms with E-state index >= 15 is 0 Å².